The molecule has 0 saturated carbocycles. The number of piperazine rings is 2. The van der Waals surface area contributed by atoms with E-state index in [0.717, 1.165) is 67.3 Å². The molecule has 0 unspecified atom stereocenters. The Balaban J connectivity index is 1.16. The summed E-state index contributed by atoms with van der Waals surface area (Å²) < 4.78 is 6.42. The van der Waals surface area contributed by atoms with E-state index in [-0.39, 0.29) is 35.2 Å². The summed E-state index contributed by atoms with van der Waals surface area (Å²) in [7, 11) is 0.317. The maximum absolute atomic E-state index is 14.9. The van der Waals surface area contributed by atoms with Gasteiger partial charge in [-0.3, -0.25) is 24.1 Å². The number of nitrogens with zero attached hydrogens (tertiary/aromatic N) is 6. The molecule has 4 aromatic rings. The molecule has 2 fully saturated rings. The Hall–Kier alpha value is -5.76. The molecule has 13 heteroatoms. The molecule has 0 radical (unpaired) electrons. The van der Waals surface area contributed by atoms with Gasteiger partial charge in [-0.25, -0.2) is 0 Å². The quantitative estimate of drug-likeness (QED) is 0.0847. The van der Waals surface area contributed by atoms with Crippen LogP contribution in [0.5, 0.6) is 0 Å². The van der Waals surface area contributed by atoms with Crippen molar-refractivity contribution in [2.45, 2.75) is 78.3 Å². The van der Waals surface area contributed by atoms with Gasteiger partial charge in [0.15, 0.2) is 8.32 Å². The highest BCUT2D eigenvalue weighted by molar-refractivity contribution is 6.74. The standard InChI is InChI=1S/C53H71N7O5Si/c1-41(61)54-47-21-14-43(15-22-47)20-27-51(63)60(40-46-18-25-49(26-19-46)58-34-32-57(33-35-58)42(2)62)50(38-44-12-10-9-11-13-44)52(64)59-30-28-56(29-31-59)39-45-16-23-48(24-17-45)55(6)36-37-65-66(7,8)53(3,4)5/h9-27,50H,28-40H2,1-8H3,(H,54,61)/t50-/m0/s1. The maximum atomic E-state index is 14.9. The monoisotopic (exact) mass is 914 g/mol. The molecule has 1 atom stereocenters. The van der Waals surface area contributed by atoms with E-state index >= 15 is 0 Å². The zero-order chi connectivity index (χ0) is 47.4. The van der Waals surface area contributed by atoms with Crippen LogP contribution in [0.15, 0.2) is 109 Å². The van der Waals surface area contributed by atoms with Crippen molar-refractivity contribution in [3.8, 4) is 0 Å². The van der Waals surface area contributed by atoms with Crippen LogP contribution in [0.25, 0.3) is 6.08 Å². The molecule has 1 N–H and O–H groups in total. The van der Waals surface area contributed by atoms with Gasteiger partial charge in [0.05, 0.1) is 6.61 Å². The Labute approximate surface area is 394 Å². The molecule has 0 aromatic heterocycles. The van der Waals surface area contributed by atoms with Crippen LogP contribution in [-0.4, -0.2) is 130 Å². The van der Waals surface area contributed by atoms with E-state index < -0.39 is 14.4 Å². The molecule has 6 rings (SSSR count). The number of hydrogen-bond acceptors (Lipinski definition) is 8. The predicted molar refractivity (Wildman–Crippen MR) is 270 cm³/mol. The van der Waals surface area contributed by atoms with Gasteiger partial charge in [0.1, 0.15) is 6.04 Å². The minimum atomic E-state index is -1.80. The molecule has 0 spiro atoms. The maximum Gasteiger partial charge on any atom is 0.247 e. The Morgan fingerprint density at radius 1 is 0.742 bits per heavy atom. The first-order valence-corrected chi connectivity index (χ1v) is 26.3. The molecule has 0 bridgehead atoms. The SMILES string of the molecule is CC(=O)Nc1ccc(C=CC(=O)N(Cc2ccc(N3CCN(C(C)=O)CC3)cc2)[C@@H](Cc2ccccc2)C(=O)N2CCN(Cc3ccc(N(C)CCO[Si](C)(C)C(C)(C)C)cc3)CC2)cc1. The number of anilines is 3. The zero-order valence-electron chi connectivity index (χ0n) is 40.5. The fraction of sp³-hybridized carbons (Fsp3) is 0.434. The van der Waals surface area contributed by atoms with Crippen molar-refractivity contribution in [3.63, 3.8) is 0 Å². The number of amides is 4. The van der Waals surface area contributed by atoms with Crippen molar-refractivity contribution >= 4 is 55.1 Å². The van der Waals surface area contributed by atoms with Gasteiger partial charge in [-0.05, 0) is 82.9 Å². The van der Waals surface area contributed by atoms with Gasteiger partial charge in [0.25, 0.3) is 0 Å². The van der Waals surface area contributed by atoms with Crippen LogP contribution in [0, 0.1) is 0 Å². The predicted octanol–water partition coefficient (Wildman–Crippen LogP) is 7.77. The summed E-state index contributed by atoms with van der Waals surface area (Å²) in [5.41, 5.74) is 6.79. The fourth-order valence-corrected chi connectivity index (χ4v) is 9.21. The molecular weight excluding hydrogens is 843 g/mol. The molecule has 2 aliphatic heterocycles. The van der Waals surface area contributed by atoms with E-state index in [0.29, 0.717) is 44.9 Å². The summed E-state index contributed by atoms with van der Waals surface area (Å²) in [5, 5.41) is 2.97. The molecule has 0 aliphatic carbocycles. The first-order valence-electron chi connectivity index (χ1n) is 23.4. The van der Waals surface area contributed by atoms with Gasteiger partial charge in [-0.1, -0.05) is 87.5 Å². The third kappa shape index (κ3) is 13.9. The smallest absolute Gasteiger partial charge is 0.247 e. The van der Waals surface area contributed by atoms with E-state index in [1.165, 1.54) is 12.5 Å². The minimum absolute atomic E-state index is 0.0650. The van der Waals surface area contributed by atoms with E-state index in [2.05, 4.69) is 97.3 Å². The minimum Gasteiger partial charge on any atom is -0.415 e. The highest BCUT2D eigenvalue weighted by atomic mass is 28.4. The first kappa shape index (κ1) is 49.7. The Bertz CT molecular complexity index is 2250. The second-order valence-corrected chi connectivity index (χ2v) is 24.1. The summed E-state index contributed by atoms with van der Waals surface area (Å²) in [4.78, 5) is 65.5. The lowest BCUT2D eigenvalue weighted by molar-refractivity contribution is -0.145. The number of carbonyl (C=O) groups excluding carboxylic acids is 4. The van der Waals surface area contributed by atoms with Crippen molar-refractivity contribution < 1.29 is 23.6 Å². The summed E-state index contributed by atoms with van der Waals surface area (Å²) in [5.74, 6) is -0.396. The van der Waals surface area contributed by atoms with Crippen molar-refractivity contribution in [2.75, 3.05) is 87.7 Å². The van der Waals surface area contributed by atoms with E-state index in [9.17, 15) is 19.2 Å². The lowest BCUT2D eigenvalue weighted by atomic mass is 10.0. The second-order valence-electron chi connectivity index (χ2n) is 19.3. The molecular formula is C53H71N7O5Si. The largest absolute Gasteiger partial charge is 0.415 e. The number of likely N-dealkylation sites (N-methyl/N-ethyl adjacent to an activating group) is 1. The van der Waals surface area contributed by atoms with Crippen molar-refractivity contribution in [1.29, 1.82) is 0 Å². The lowest BCUT2D eigenvalue weighted by Crippen LogP contribution is -2.56. The molecule has 66 heavy (non-hydrogen) atoms. The van der Waals surface area contributed by atoms with Gasteiger partial charge >= 0.3 is 0 Å². The third-order valence-corrected chi connectivity index (χ3v) is 17.9. The average Bonchev–Trinajstić information content (AvgIpc) is 3.30. The Morgan fingerprint density at radius 2 is 1.35 bits per heavy atom. The highest BCUT2D eigenvalue weighted by Gasteiger charge is 2.37. The van der Waals surface area contributed by atoms with Crippen LogP contribution in [0.4, 0.5) is 17.1 Å². The van der Waals surface area contributed by atoms with Gasteiger partial charge < -0.3 is 34.2 Å². The molecule has 4 aromatic carbocycles. The number of benzene rings is 4. The second kappa shape index (κ2) is 22.6. The number of hydrogen-bond donors (Lipinski definition) is 1. The third-order valence-electron chi connectivity index (χ3n) is 13.4. The molecule has 4 amide bonds. The van der Waals surface area contributed by atoms with Gasteiger partial charge in [-0.2, -0.15) is 0 Å². The normalized spacial score (nSPS) is 15.4. The molecule has 352 valence electrons. The van der Waals surface area contributed by atoms with Gasteiger partial charge in [-0.15, -0.1) is 0 Å². The summed E-state index contributed by atoms with van der Waals surface area (Å²) >= 11 is 0. The number of rotatable bonds is 17. The van der Waals surface area contributed by atoms with Crippen molar-refractivity contribution in [3.05, 3.63) is 131 Å². The van der Waals surface area contributed by atoms with Crippen LogP contribution in [0.2, 0.25) is 18.1 Å². The topological polar surface area (TPSA) is 109 Å². The molecule has 12 nitrogen and oxygen atoms in total. The number of nitrogens with one attached hydrogen (secondary N) is 1. The molecule has 2 heterocycles. The fourth-order valence-electron chi connectivity index (χ4n) is 8.18. The number of carbonyl (C=O) groups is 4. The van der Waals surface area contributed by atoms with Crippen LogP contribution in [0.3, 0.4) is 0 Å². The van der Waals surface area contributed by atoms with E-state index in [1.807, 2.05) is 64.4 Å². The summed E-state index contributed by atoms with van der Waals surface area (Å²) in [6.07, 6.45) is 3.67. The summed E-state index contributed by atoms with van der Waals surface area (Å²) in [6, 6.07) is 33.4. The molecule has 2 saturated heterocycles. The van der Waals surface area contributed by atoms with Gasteiger partial charge in [0, 0.05) is 122 Å². The lowest BCUT2D eigenvalue weighted by Gasteiger charge is -2.39. The average molecular weight is 914 g/mol. The van der Waals surface area contributed by atoms with Crippen LogP contribution < -0.4 is 15.1 Å². The zero-order valence-corrected chi connectivity index (χ0v) is 41.5. The summed E-state index contributed by atoms with van der Waals surface area (Å²) in [6.45, 7) is 22.4. The molecule has 2 aliphatic rings. The van der Waals surface area contributed by atoms with Crippen LogP contribution in [-0.2, 0) is 43.1 Å². The van der Waals surface area contributed by atoms with Crippen LogP contribution >= 0.6 is 0 Å². The Morgan fingerprint density at radius 3 is 1.94 bits per heavy atom. The van der Waals surface area contributed by atoms with Crippen molar-refractivity contribution in [2.24, 2.45) is 0 Å². The first-order chi connectivity index (χ1) is 31.5. The van der Waals surface area contributed by atoms with Crippen molar-refractivity contribution in [1.82, 2.24) is 19.6 Å². The van der Waals surface area contributed by atoms with Gasteiger partial charge in [0.2, 0.25) is 23.6 Å². The van der Waals surface area contributed by atoms with E-state index in [4.69, 9.17) is 4.43 Å². The van der Waals surface area contributed by atoms with Crippen LogP contribution in [0.1, 0.15) is 56.9 Å². The Kier molecular flexibility index (Phi) is 17.0. The highest BCUT2D eigenvalue weighted by Crippen LogP contribution is 2.36. The van der Waals surface area contributed by atoms with E-state index in [1.54, 1.807) is 36.1 Å².